The Morgan fingerprint density at radius 2 is 1.86 bits per heavy atom. The molecule has 0 saturated carbocycles. The zero-order chi connectivity index (χ0) is 15.2. The van der Waals surface area contributed by atoms with Crippen molar-refractivity contribution in [1.29, 1.82) is 0 Å². The summed E-state index contributed by atoms with van der Waals surface area (Å²) in [6.45, 7) is 6.43. The van der Waals surface area contributed by atoms with Crippen molar-refractivity contribution in [3.05, 3.63) is 40.9 Å². The first kappa shape index (κ1) is 13.8. The van der Waals surface area contributed by atoms with E-state index in [0.717, 1.165) is 22.0 Å². The molecule has 0 saturated heterocycles. The molecule has 3 aromatic rings. The lowest BCUT2D eigenvalue weighted by Gasteiger charge is -2.17. The summed E-state index contributed by atoms with van der Waals surface area (Å²) < 4.78 is 2.04. The molecule has 0 aliphatic carbocycles. The molecule has 2 aromatic heterocycles. The summed E-state index contributed by atoms with van der Waals surface area (Å²) in [6, 6.07) is 6.71. The predicted octanol–water partition coefficient (Wildman–Crippen LogP) is 3.45. The number of carbonyl (C=O) groups is 1. The van der Waals surface area contributed by atoms with Crippen LogP contribution in [-0.2, 0) is 5.41 Å². The van der Waals surface area contributed by atoms with Crippen molar-refractivity contribution in [3.63, 3.8) is 0 Å². The maximum atomic E-state index is 10.9. The molecular formula is C15H15N3O2S. The Morgan fingerprint density at radius 1 is 1.19 bits per heavy atom. The number of benzene rings is 1. The number of aromatic nitrogens is 3. The number of fused-ring (bicyclic) bond motifs is 1. The Bertz CT molecular complexity index is 810. The van der Waals surface area contributed by atoms with Crippen LogP contribution in [0.25, 0.3) is 16.3 Å². The average molecular weight is 301 g/mol. The van der Waals surface area contributed by atoms with Crippen LogP contribution in [0.3, 0.4) is 0 Å². The quantitative estimate of drug-likeness (QED) is 0.787. The Hall–Kier alpha value is -2.21. The summed E-state index contributed by atoms with van der Waals surface area (Å²) in [5.74, 6) is -0.188. The van der Waals surface area contributed by atoms with Crippen molar-refractivity contribution < 1.29 is 9.90 Å². The molecule has 0 aliphatic heterocycles. The van der Waals surface area contributed by atoms with Gasteiger partial charge in [0.1, 0.15) is 0 Å². The fourth-order valence-corrected chi connectivity index (χ4v) is 3.24. The summed E-state index contributed by atoms with van der Waals surface area (Å²) in [7, 11) is 0. The maximum Gasteiger partial charge on any atom is 0.335 e. The van der Waals surface area contributed by atoms with Crippen molar-refractivity contribution in [3.8, 4) is 11.4 Å². The minimum absolute atomic E-state index is 0.0175. The number of nitrogens with zero attached hydrogens (tertiary/aromatic N) is 3. The zero-order valence-corrected chi connectivity index (χ0v) is 12.8. The molecule has 1 aromatic carbocycles. The van der Waals surface area contributed by atoms with E-state index in [1.807, 2.05) is 4.40 Å². The largest absolute Gasteiger partial charge is 0.478 e. The fraction of sp³-hybridized carbons (Fsp3) is 0.267. The van der Waals surface area contributed by atoms with Crippen LogP contribution in [0.2, 0.25) is 0 Å². The van der Waals surface area contributed by atoms with Gasteiger partial charge in [-0.05, 0) is 12.1 Å². The van der Waals surface area contributed by atoms with E-state index in [1.165, 1.54) is 0 Å². The normalized spacial score (nSPS) is 12.0. The van der Waals surface area contributed by atoms with Crippen LogP contribution in [0.1, 0.15) is 36.8 Å². The van der Waals surface area contributed by atoms with Crippen LogP contribution in [-0.4, -0.2) is 25.7 Å². The minimum atomic E-state index is -0.932. The standard InChI is InChI=1S/C15H15N3O2S/c1-15(2,3)11-8-21-14-17-16-12(18(11)14)9-4-6-10(7-5-9)13(19)20/h4-8H,1-3H3,(H,19,20). The second kappa shape index (κ2) is 4.66. The SMILES string of the molecule is CC(C)(C)c1csc2nnc(-c3ccc(C(=O)O)cc3)n12. The summed E-state index contributed by atoms with van der Waals surface area (Å²) in [6.07, 6.45) is 0. The molecule has 0 unspecified atom stereocenters. The van der Waals surface area contributed by atoms with Crippen molar-refractivity contribution in [1.82, 2.24) is 14.6 Å². The van der Waals surface area contributed by atoms with Gasteiger partial charge in [0.15, 0.2) is 5.82 Å². The lowest BCUT2D eigenvalue weighted by Crippen LogP contribution is -2.14. The molecule has 108 valence electrons. The van der Waals surface area contributed by atoms with Gasteiger partial charge in [-0.15, -0.1) is 21.5 Å². The number of hydrogen-bond acceptors (Lipinski definition) is 4. The van der Waals surface area contributed by atoms with Crippen molar-refractivity contribution in [2.24, 2.45) is 0 Å². The van der Waals surface area contributed by atoms with E-state index in [2.05, 4.69) is 36.3 Å². The molecule has 0 fully saturated rings. The average Bonchev–Trinajstić information content (AvgIpc) is 2.98. The molecule has 0 atom stereocenters. The van der Waals surface area contributed by atoms with E-state index in [-0.39, 0.29) is 11.0 Å². The number of carboxylic acid groups (broad SMARTS) is 1. The molecule has 2 heterocycles. The van der Waals surface area contributed by atoms with E-state index >= 15 is 0 Å². The molecule has 0 radical (unpaired) electrons. The lowest BCUT2D eigenvalue weighted by atomic mass is 9.93. The summed E-state index contributed by atoms with van der Waals surface area (Å²) in [4.78, 5) is 11.8. The van der Waals surface area contributed by atoms with E-state index in [9.17, 15) is 4.79 Å². The Morgan fingerprint density at radius 3 is 2.43 bits per heavy atom. The zero-order valence-electron chi connectivity index (χ0n) is 12.0. The summed E-state index contributed by atoms with van der Waals surface area (Å²) >= 11 is 1.56. The Balaban J connectivity index is 2.16. The van der Waals surface area contributed by atoms with Gasteiger partial charge < -0.3 is 5.11 Å². The highest BCUT2D eigenvalue weighted by Crippen LogP contribution is 2.31. The van der Waals surface area contributed by atoms with E-state index in [4.69, 9.17) is 5.11 Å². The van der Waals surface area contributed by atoms with E-state index in [1.54, 1.807) is 35.6 Å². The summed E-state index contributed by atoms with van der Waals surface area (Å²) in [5.41, 5.74) is 2.25. The molecule has 0 aliphatic rings. The minimum Gasteiger partial charge on any atom is -0.478 e. The molecular weight excluding hydrogens is 286 g/mol. The van der Waals surface area contributed by atoms with Gasteiger partial charge in [-0.3, -0.25) is 4.40 Å². The highest BCUT2D eigenvalue weighted by Gasteiger charge is 2.22. The van der Waals surface area contributed by atoms with Crippen LogP contribution in [0.15, 0.2) is 29.6 Å². The van der Waals surface area contributed by atoms with Gasteiger partial charge in [0, 0.05) is 22.1 Å². The van der Waals surface area contributed by atoms with Crippen molar-refractivity contribution in [2.45, 2.75) is 26.2 Å². The van der Waals surface area contributed by atoms with Gasteiger partial charge in [0.25, 0.3) is 0 Å². The number of aromatic carboxylic acids is 1. The highest BCUT2D eigenvalue weighted by molar-refractivity contribution is 7.15. The smallest absolute Gasteiger partial charge is 0.335 e. The third-order valence-corrected chi connectivity index (χ3v) is 4.12. The molecule has 6 heteroatoms. The van der Waals surface area contributed by atoms with Crippen LogP contribution >= 0.6 is 11.3 Å². The molecule has 0 bridgehead atoms. The molecule has 21 heavy (non-hydrogen) atoms. The van der Waals surface area contributed by atoms with Gasteiger partial charge in [-0.1, -0.05) is 32.9 Å². The molecule has 5 nitrogen and oxygen atoms in total. The fourth-order valence-electron chi connectivity index (χ4n) is 2.19. The maximum absolute atomic E-state index is 10.9. The Labute approximate surface area is 125 Å². The first-order chi connectivity index (χ1) is 9.88. The van der Waals surface area contributed by atoms with Crippen LogP contribution in [0.4, 0.5) is 0 Å². The van der Waals surface area contributed by atoms with Crippen LogP contribution < -0.4 is 0 Å². The molecule has 1 N–H and O–H groups in total. The monoisotopic (exact) mass is 301 g/mol. The lowest BCUT2D eigenvalue weighted by molar-refractivity contribution is 0.0697. The second-order valence-electron chi connectivity index (χ2n) is 5.90. The first-order valence-electron chi connectivity index (χ1n) is 6.55. The Kier molecular flexibility index (Phi) is 3.06. The van der Waals surface area contributed by atoms with E-state index in [0.29, 0.717) is 0 Å². The van der Waals surface area contributed by atoms with Gasteiger partial charge in [-0.2, -0.15) is 0 Å². The third kappa shape index (κ3) is 2.31. The summed E-state index contributed by atoms with van der Waals surface area (Å²) in [5, 5.41) is 19.5. The topological polar surface area (TPSA) is 67.5 Å². The molecule has 0 amide bonds. The van der Waals surface area contributed by atoms with Gasteiger partial charge in [0.2, 0.25) is 4.96 Å². The van der Waals surface area contributed by atoms with Crippen molar-refractivity contribution >= 4 is 22.3 Å². The number of rotatable bonds is 2. The van der Waals surface area contributed by atoms with Crippen LogP contribution in [0.5, 0.6) is 0 Å². The first-order valence-corrected chi connectivity index (χ1v) is 7.43. The number of hydrogen-bond donors (Lipinski definition) is 1. The molecule has 3 rings (SSSR count). The third-order valence-electron chi connectivity index (χ3n) is 3.31. The van der Waals surface area contributed by atoms with E-state index < -0.39 is 5.97 Å². The number of carboxylic acids is 1. The number of thiazole rings is 1. The second-order valence-corrected chi connectivity index (χ2v) is 6.73. The predicted molar refractivity (Wildman–Crippen MR) is 82.0 cm³/mol. The van der Waals surface area contributed by atoms with Gasteiger partial charge in [-0.25, -0.2) is 4.79 Å². The highest BCUT2D eigenvalue weighted by atomic mass is 32.1. The van der Waals surface area contributed by atoms with Gasteiger partial charge >= 0.3 is 5.97 Å². The van der Waals surface area contributed by atoms with Gasteiger partial charge in [0.05, 0.1) is 5.56 Å². The van der Waals surface area contributed by atoms with Crippen molar-refractivity contribution in [2.75, 3.05) is 0 Å². The molecule has 0 spiro atoms. The van der Waals surface area contributed by atoms with Crippen LogP contribution in [0, 0.1) is 0 Å².